The molecular formula is C11H8Br2O. The summed E-state index contributed by atoms with van der Waals surface area (Å²) in [5.74, 6) is 0.0901. The number of rotatable bonds is 0. The van der Waals surface area contributed by atoms with Crippen molar-refractivity contribution in [3.05, 3.63) is 39.9 Å². The van der Waals surface area contributed by atoms with Gasteiger partial charge in [0.05, 0.1) is 0 Å². The molecule has 1 aromatic rings. The Morgan fingerprint density at radius 3 is 2.71 bits per heavy atom. The predicted octanol–water partition coefficient (Wildman–Crippen LogP) is 3.66. The SMILES string of the molecule is CC1(Br)C(=O)C=Cc2cc(Br)ccc21. The lowest BCUT2D eigenvalue weighted by Gasteiger charge is -2.25. The molecule has 0 aromatic heterocycles. The van der Waals surface area contributed by atoms with Crippen molar-refractivity contribution < 1.29 is 4.79 Å². The summed E-state index contributed by atoms with van der Waals surface area (Å²) in [6.45, 7) is 1.88. The van der Waals surface area contributed by atoms with Crippen molar-refractivity contribution in [2.24, 2.45) is 0 Å². The fraction of sp³-hybridized carbons (Fsp3) is 0.182. The smallest absolute Gasteiger partial charge is 0.176 e. The summed E-state index contributed by atoms with van der Waals surface area (Å²) in [7, 11) is 0. The number of benzene rings is 1. The molecule has 0 aliphatic heterocycles. The van der Waals surface area contributed by atoms with E-state index in [1.165, 1.54) is 0 Å². The van der Waals surface area contributed by atoms with E-state index >= 15 is 0 Å². The number of hydrogen-bond acceptors (Lipinski definition) is 1. The molecule has 0 heterocycles. The molecule has 0 amide bonds. The Labute approximate surface area is 99.5 Å². The molecule has 0 bridgehead atoms. The molecule has 2 rings (SSSR count). The molecule has 0 N–H and O–H groups in total. The monoisotopic (exact) mass is 314 g/mol. The van der Waals surface area contributed by atoms with Gasteiger partial charge in [-0.15, -0.1) is 0 Å². The minimum Gasteiger partial charge on any atom is -0.293 e. The first-order valence-corrected chi connectivity index (χ1v) is 5.82. The Bertz CT molecular complexity index is 433. The van der Waals surface area contributed by atoms with Crippen molar-refractivity contribution in [1.82, 2.24) is 0 Å². The van der Waals surface area contributed by atoms with Crippen molar-refractivity contribution in [3.8, 4) is 0 Å². The van der Waals surface area contributed by atoms with Crippen LogP contribution in [0.5, 0.6) is 0 Å². The van der Waals surface area contributed by atoms with Gasteiger partial charge >= 0.3 is 0 Å². The molecule has 1 nitrogen and oxygen atoms in total. The van der Waals surface area contributed by atoms with E-state index in [4.69, 9.17) is 0 Å². The lowest BCUT2D eigenvalue weighted by atomic mass is 9.87. The van der Waals surface area contributed by atoms with Gasteiger partial charge in [0.15, 0.2) is 5.78 Å². The van der Waals surface area contributed by atoms with Crippen LogP contribution in [0.2, 0.25) is 0 Å². The Kier molecular flexibility index (Phi) is 2.40. The van der Waals surface area contributed by atoms with Gasteiger partial charge in [0.25, 0.3) is 0 Å². The summed E-state index contributed by atoms with van der Waals surface area (Å²) in [5.41, 5.74) is 2.10. The second kappa shape index (κ2) is 3.31. The number of ketones is 1. The van der Waals surface area contributed by atoms with Crippen LogP contribution in [0.1, 0.15) is 18.1 Å². The predicted molar refractivity (Wildman–Crippen MR) is 64.5 cm³/mol. The number of hydrogen-bond donors (Lipinski definition) is 0. The zero-order valence-corrected chi connectivity index (χ0v) is 10.7. The van der Waals surface area contributed by atoms with Crippen LogP contribution in [0.15, 0.2) is 28.7 Å². The molecule has 0 spiro atoms. The highest BCUT2D eigenvalue weighted by Gasteiger charge is 2.34. The molecule has 0 radical (unpaired) electrons. The summed E-state index contributed by atoms with van der Waals surface area (Å²) in [6.07, 6.45) is 3.47. The Morgan fingerprint density at radius 1 is 1.29 bits per heavy atom. The molecule has 3 heteroatoms. The summed E-state index contributed by atoms with van der Waals surface area (Å²) < 4.78 is 0.455. The quantitative estimate of drug-likeness (QED) is 0.668. The lowest BCUT2D eigenvalue weighted by Crippen LogP contribution is -2.27. The maximum absolute atomic E-state index is 11.6. The van der Waals surface area contributed by atoms with Gasteiger partial charge in [0, 0.05) is 4.47 Å². The minimum absolute atomic E-state index is 0.0901. The number of alkyl halides is 1. The van der Waals surface area contributed by atoms with E-state index in [1.807, 2.05) is 31.2 Å². The average Bonchev–Trinajstić information content (AvgIpc) is 2.12. The molecule has 1 aromatic carbocycles. The van der Waals surface area contributed by atoms with Gasteiger partial charge in [-0.25, -0.2) is 0 Å². The normalized spacial score (nSPS) is 24.9. The van der Waals surface area contributed by atoms with Crippen LogP contribution in [-0.2, 0) is 9.12 Å². The van der Waals surface area contributed by atoms with E-state index in [0.29, 0.717) is 0 Å². The van der Waals surface area contributed by atoms with Crippen molar-refractivity contribution in [2.75, 3.05) is 0 Å². The number of fused-ring (bicyclic) bond motifs is 1. The van der Waals surface area contributed by atoms with Crippen LogP contribution in [0.4, 0.5) is 0 Å². The maximum Gasteiger partial charge on any atom is 0.176 e. The zero-order valence-electron chi connectivity index (χ0n) is 7.55. The molecule has 14 heavy (non-hydrogen) atoms. The zero-order chi connectivity index (χ0) is 10.3. The summed E-state index contributed by atoms with van der Waals surface area (Å²) in [4.78, 5) is 11.6. The number of carbonyl (C=O) groups excluding carboxylic acids is 1. The van der Waals surface area contributed by atoms with E-state index in [2.05, 4.69) is 31.9 Å². The van der Waals surface area contributed by atoms with E-state index in [1.54, 1.807) is 6.08 Å². The van der Waals surface area contributed by atoms with Gasteiger partial charge in [-0.1, -0.05) is 44.0 Å². The van der Waals surface area contributed by atoms with Gasteiger partial charge in [-0.2, -0.15) is 0 Å². The van der Waals surface area contributed by atoms with Gasteiger partial charge in [0.1, 0.15) is 4.32 Å². The summed E-state index contributed by atoms with van der Waals surface area (Å²) in [6, 6.07) is 5.93. The standard InChI is InChI=1S/C11H8Br2O/c1-11(13)9-4-3-8(12)6-7(9)2-5-10(11)14/h2-6H,1H3. The van der Waals surface area contributed by atoms with E-state index in [-0.39, 0.29) is 5.78 Å². The highest BCUT2D eigenvalue weighted by molar-refractivity contribution is 9.10. The summed E-state index contributed by atoms with van der Waals surface area (Å²) in [5, 5.41) is 0. The van der Waals surface area contributed by atoms with E-state index < -0.39 is 4.32 Å². The number of carbonyl (C=O) groups is 1. The van der Waals surface area contributed by atoms with Crippen molar-refractivity contribution >= 4 is 43.7 Å². The maximum atomic E-state index is 11.6. The molecule has 1 atom stereocenters. The highest BCUT2D eigenvalue weighted by Crippen LogP contribution is 2.39. The van der Waals surface area contributed by atoms with Gasteiger partial charge in [-0.05, 0) is 36.3 Å². The second-order valence-corrected chi connectivity index (χ2v) is 5.93. The third-order valence-corrected chi connectivity index (χ3v) is 3.71. The van der Waals surface area contributed by atoms with Crippen LogP contribution in [-0.4, -0.2) is 5.78 Å². The van der Waals surface area contributed by atoms with Gasteiger partial charge in [-0.3, -0.25) is 4.79 Å². The van der Waals surface area contributed by atoms with Crippen molar-refractivity contribution in [2.45, 2.75) is 11.2 Å². The third-order valence-electron chi connectivity index (χ3n) is 2.40. The molecule has 1 unspecified atom stereocenters. The largest absolute Gasteiger partial charge is 0.293 e. The van der Waals surface area contributed by atoms with E-state index in [9.17, 15) is 4.79 Å². The van der Waals surface area contributed by atoms with Crippen molar-refractivity contribution in [1.29, 1.82) is 0 Å². The first kappa shape index (κ1) is 10.1. The first-order chi connectivity index (χ1) is 6.51. The molecule has 0 saturated carbocycles. The second-order valence-electron chi connectivity index (χ2n) is 3.43. The minimum atomic E-state index is -0.572. The molecule has 0 fully saturated rings. The Balaban J connectivity index is 2.67. The van der Waals surface area contributed by atoms with Crippen LogP contribution >= 0.6 is 31.9 Å². The summed E-state index contributed by atoms with van der Waals surface area (Å²) >= 11 is 6.87. The molecule has 1 aliphatic rings. The van der Waals surface area contributed by atoms with Crippen LogP contribution in [0.25, 0.3) is 6.08 Å². The van der Waals surface area contributed by atoms with Gasteiger partial charge < -0.3 is 0 Å². The fourth-order valence-corrected chi connectivity index (χ4v) is 2.43. The lowest BCUT2D eigenvalue weighted by molar-refractivity contribution is -0.116. The Morgan fingerprint density at radius 2 is 2.00 bits per heavy atom. The average molecular weight is 316 g/mol. The van der Waals surface area contributed by atoms with Crippen LogP contribution < -0.4 is 0 Å². The van der Waals surface area contributed by atoms with Gasteiger partial charge in [0.2, 0.25) is 0 Å². The van der Waals surface area contributed by atoms with E-state index in [0.717, 1.165) is 15.6 Å². The van der Waals surface area contributed by atoms with Crippen molar-refractivity contribution in [3.63, 3.8) is 0 Å². The van der Waals surface area contributed by atoms with Crippen LogP contribution in [0.3, 0.4) is 0 Å². The highest BCUT2D eigenvalue weighted by atomic mass is 79.9. The molecular weight excluding hydrogens is 308 g/mol. The molecule has 72 valence electrons. The third kappa shape index (κ3) is 1.48. The number of halogens is 2. The first-order valence-electron chi connectivity index (χ1n) is 4.23. The number of allylic oxidation sites excluding steroid dienone is 1. The molecule has 1 aliphatic carbocycles. The topological polar surface area (TPSA) is 17.1 Å². The van der Waals surface area contributed by atoms with Crippen LogP contribution in [0, 0.1) is 0 Å². The fourth-order valence-electron chi connectivity index (χ4n) is 1.55. The molecule has 0 saturated heterocycles. The Hall–Kier alpha value is -0.410.